The number of carbonyl (C=O) groups is 2. The molecule has 0 spiro atoms. The van der Waals surface area contributed by atoms with Crippen molar-refractivity contribution in [3.05, 3.63) is 65.1 Å². The van der Waals surface area contributed by atoms with Gasteiger partial charge < -0.3 is 20.4 Å². The van der Waals surface area contributed by atoms with Crippen molar-refractivity contribution < 1.29 is 30.0 Å². The van der Waals surface area contributed by atoms with E-state index >= 15 is 0 Å². The van der Waals surface area contributed by atoms with Crippen molar-refractivity contribution in [3.8, 4) is 17.2 Å². The molecule has 0 aromatic heterocycles. The molecule has 0 bridgehead atoms. The van der Waals surface area contributed by atoms with Crippen LogP contribution in [0.25, 0.3) is 6.08 Å². The first kappa shape index (κ1) is 20.0. The van der Waals surface area contributed by atoms with E-state index in [4.69, 9.17) is 0 Å². The molecule has 1 aliphatic rings. The van der Waals surface area contributed by atoms with Gasteiger partial charge in [-0.05, 0) is 53.7 Å². The lowest BCUT2D eigenvalue weighted by molar-refractivity contribution is -0.121. The largest absolute Gasteiger partial charge is 0.508 e. The Morgan fingerprint density at radius 2 is 1.90 bits per heavy atom. The summed E-state index contributed by atoms with van der Waals surface area (Å²) in [7, 11) is 0. The zero-order valence-electron chi connectivity index (χ0n) is 14.9. The predicted octanol–water partition coefficient (Wildman–Crippen LogP) is 3.29. The molecule has 148 valence electrons. The number of amides is 1. The van der Waals surface area contributed by atoms with E-state index in [1.165, 1.54) is 47.4 Å². The van der Waals surface area contributed by atoms with Gasteiger partial charge in [0.15, 0.2) is 16.7 Å². The van der Waals surface area contributed by atoms with Crippen LogP contribution in [0.1, 0.15) is 15.9 Å². The van der Waals surface area contributed by atoms with Crippen LogP contribution in [-0.2, 0) is 4.79 Å². The van der Waals surface area contributed by atoms with Crippen LogP contribution >= 0.6 is 11.8 Å². The number of aromatic hydroxyl groups is 3. The predicted molar refractivity (Wildman–Crippen MR) is 109 cm³/mol. The number of rotatable bonds is 5. The SMILES string of the molecule is C=CCN1C(=O)/C(=C/c2ccc(O)c(O)c2)SC1=Nc1ccc(O)cc1C(=O)O. The molecule has 0 unspecified atom stereocenters. The van der Waals surface area contributed by atoms with Gasteiger partial charge in [-0.3, -0.25) is 9.69 Å². The summed E-state index contributed by atoms with van der Waals surface area (Å²) in [5.41, 5.74) is 0.375. The van der Waals surface area contributed by atoms with E-state index in [-0.39, 0.29) is 46.1 Å². The number of carboxylic acids is 1. The Labute approximate surface area is 169 Å². The molecule has 2 aromatic rings. The smallest absolute Gasteiger partial charge is 0.338 e. The number of amidine groups is 1. The third-order valence-electron chi connectivity index (χ3n) is 3.92. The third kappa shape index (κ3) is 4.25. The number of aromatic carboxylic acids is 1. The number of carboxylic acid groups (broad SMARTS) is 1. The highest BCUT2D eigenvalue weighted by molar-refractivity contribution is 8.18. The van der Waals surface area contributed by atoms with Crippen LogP contribution in [0.15, 0.2) is 59.0 Å². The first-order valence-corrected chi connectivity index (χ1v) is 9.11. The molecule has 1 fully saturated rings. The van der Waals surface area contributed by atoms with Crippen molar-refractivity contribution in [2.75, 3.05) is 6.54 Å². The van der Waals surface area contributed by atoms with Gasteiger partial charge in [-0.1, -0.05) is 12.1 Å². The Kier molecular flexibility index (Phi) is 5.60. The fourth-order valence-corrected chi connectivity index (χ4v) is 3.56. The minimum Gasteiger partial charge on any atom is -0.508 e. The Hall–Kier alpha value is -3.72. The van der Waals surface area contributed by atoms with Gasteiger partial charge in [0.25, 0.3) is 5.91 Å². The molecule has 29 heavy (non-hydrogen) atoms. The zero-order valence-corrected chi connectivity index (χ0v) is 15.8. The highest BCUT2D eigenvalue weighted by Gasteiger charge is 2.33. The molecule has 9 heteroatoms. The van der Waals surface area contributed by atoms with Crippen molar-refractivity contribution in [1.82, 2.24) is 4.90 Å². The summed E-state index contributed by atoms with van der Waals surface area (Å²) in [5, 5.41) is 38.2. The average Bonchev–Trinajstić information content (AvgIpc) is 2.95. The molecule has 1 amide bonds. The first-order chi connectivity index (χ1) is 13.8. The Morgan fingerprint density at radius 1 is 1.14 bits per heavy atom. The highest BCUT2D eigenvalue weighted by Crippen LogP contribution is 2.36. The van der Waals surface area contributed by atoms with Crippen LogP contribution in [-0.4, -0.2) is 48.9 Å². The molecular formula is C20H16N2O6S. The Bertz CT molecular complexity index is 1080. The summed E-state index contributed by atoms with van der Waals surface area (Å²) < 4.78 is 0. The van der Waals surface area contributed by atoms with E-state index in [1.807, 2.05) is 0 Å². The molecule has 3 rings (SSSR count). The van der Waals surface area contributed by atoms with Crippen molar-refractivity contribution in [2.24, 2.45) is 4.99 Å². The number of aliphatic imine (C=N–C) groups is 1. The van der Waals surface area contributed by atoms with Crippen LogP contribution in [0.2, 0.25) is 0 Å². The van der Waals surface area contributed by atoms with Crippen LogP contribution in [0.5, 0.6) is 17.2 Å². The van der Waals surface area contributed by atoms with Gasteiger partial charge in [0.05, 0.1) is 16.2 Å². The molecule has 0 aliphatic carbocycles. The topological polar surface area (TPSA) is 131 Å². The average molecular weight is 412 g/mol. The first-order valence-electron chi connectivity index (χ1n) is 8.29. The quantitative estimate of drug-likeness (QED) is 0.337. The van der Waals surface area contributed by atoms with Crippen LogP contribution in [0.4, 0.5) is 5.69 Å². The second-order valence-electron chi connectivity index (χ2n) is 5.96. The van der Waals surface area contributed by atoms with E-state index in [0.29, 0.717) is 10.5 Å². The van der Waals surface area contributed by atoms with Gasteiger partial charge in [-0.25, -0.2) is 9.79 Å². The van der Waals surface area contributed by atoms with Gasteiger partial charge in [0.1, 0.15) is 5.75 Å². The summed E-state index contributed by atoms with van der Waals surface area (Å²) in [5.74, 6) is -2.43. The van der Waals surface area contributed by atoms with Gasteiger partial charge >= 0.3 is 5.97 Å². The summed E-state index contributed by atoms with van der Waals surface area (Å²) >= 11 is 1.03. The van der Waals surface area contributed by atoms with Crippen LogP contribution in [0.3, 0.4) is 0 Å². The van der Waals surface area contributed by atoms with Crippen molar-refractivity contribution in [1.29, 1.82) is 0 Å². The number of benzene rings is 2. The number of thioether (sulfide) groups is 1. The summed E-state index contributed by atoms with van der Waals surface area (Å²) in [6.07, 6.45) is 3.04. The number of phenols is 3. The van der Waals surface area contributed by atoms with E-state index in [2.05, 4.69) is 11.6 Å². The fourth-order valence-electron chi connectivity index (χ4n) is 2.56. The van der Waals surface area contributed by atoms with Gasteiger partial charge in [-0.15, -0.1) is 6.58 Å². The standard InChI is InChI=1S/C20H16N2O6S/c1-2-7-22-18(26)17(9-11-3-6-15(24)16(25)8-11)29-20(22)21-14-5-4-12(23)10-13(14)19(27)28/h2-6,8-10,23-25H,1,7H2,(H,27,28)/b17-9-,21-20?. The lowest BCUT2D eigenvalue weighted by Gasteiger charge is -2.13. The summed E-state index contributed by atoms with van der Waals surface area (Å²) in [6.45, 7) is 3.78. The maximum absolute atomic E-state index is 12.8. The highest BCUT2D eigenvalue weighted by atomic mass is 32.2. The lowest BCUT2D eigenvalue weighted by atomic mass is 10.2. The monoisotopic (exact) mass is 412 g/mol. The number of hydrogen-bond donors (Lipinski definition) is 4. The summed E-state index contributed by atoms with van der Waals surface area (Å²) in [4.78, 5) is 30.2. The van der Waals surface area contributed by atoms with Gasteiger partial charge in [-0.2, -0.15) is 0 Å². The van der Waals surface area contributed by atoms with E-state index in [1.54, 1.807) is 0 Å². The third-order valence-corrected chi connectivity index (χ3v) is 4.93. The van der Waals surface area contributed by atoms with Crippen LogP contribution in [0, 0.1) is 0 Å². The lowest BCUT2D eigenvalue weighted by Crippen LogP contribution is -2.29. The minimum atomic E-state index is -1.26. The molecule has 1 saturated heterocycles. The van der Waals surface area contributed by atoms with E-state index in [9.17, 15) is 30.0 Å². The maximum atomic E-state index is 12.8. The Morgan fingerprint density at radius 3 is 2.55 bits per heavy atom. The molecule has 8 nitrogen and oxygen atoms in total. The van der Waals surface area contributed by atoms with Crippen molar-refractivity contribution >= 4 is 40.6 Å². The molecule has 4 N–H and O–H groups in total. The molecule has 0 saturated carbocycles. The number of hydrogen-bond acceptors (Lipinski definition) is 7. The second kappa shape index (κ2) is 8.11. The maximum Gasteiger partial charge on any atom is 0.338 e. The van der Waals surface area contributed by atoms with Crippen molar-refractivity contribution in [2.45, 2.75) is 0 Å². The molecule has 0 radical (unpaired) electrons. The molecule has 2 aromatic carbocycles. The van der Waals surface area contributed by atoms with Crippen LogP contribution < -0.4 is 0 Å². The molecule has 0 atom stereocenters. The number of phenolic OH excluding ortho intramolecular Hbond substituents is 3. The van der Waals surface area contributed by atoms with E-state index in [0.717, 1.165) is 17.8 Å². The molecule has 1 heterocycles. The van der Waals surface area contributed by atoms with Gasteiger partial charge in [0.2, 0.25) is 0 Å². The fraction of sp³-hybridized carbons (Fsp3) is 0.0500. The number of carbonyl (C=O) groups excluding carboxylic acids is 1. The number of nitrogens with zero attached hydrogens (tertiary/aromatic N) is 2. The van der Waals surface area contributed by atoms with E-state index < -0.39 is 5.97 Å². The van der Waals surface area contributed by atoms with Gasteiger partial charge in [0, 0.05) is 6.54 Å². The molecular weight excluding hydrogens is 396 g/mol. The minimum absolute atomic E-state index is 0.0863. The molecule has 1 aliphatic heterocycles. The normalized spacial score (nSPS) is 16.6. The van der Waals surface area contributed by atoms with Crippen molar-refractivity contribution in [3.63, 3.8) is 0 Å². The Balaban J connectivity index is 2.03. The summed E-state index contributed by atoms with van der Waals surface area (Å²) in [6, 6.07) is 7.88. The zero-order chi connectivity index (χ0) is 21.1. The second-order valence-corrected chi connectivity index (χ2v) is 6.97.